The van der Waals surface area contributed by atoms with E-state index in [0.717, 1.165) is 31.4 Å². The van der Waals surface area contributed by atoms with E-state index in [-0.39, 0.29) is 37.6 Å². The van der Waals surface area contributed by atoms with Crippen LogP contribution in [0.2, 0.25) is 0 Å². The van der Waals surface area contributed by atoms with Crippen LogP contribution in [0.1, 0.15) is 32.6 Å². The number of hydrogen-bond donors (Lipinski definition) is 1. The fourth-order valence-electron chi connectivity index (χ4n) is 3.40. The third-order valence-corrected chi connectivity index (χ3v) is 4.79. The van der Waals surface area contributed by atoms with Crippen molar-refractivity contribution in [1.29, 1.82) is 0 Å². The van der Waals surface area contributed by atoms with Crippen LogP contribution in [0.3, 0.4) is 0 Å². The summed E-state index contributed by atoms with van der Waals surface area (Å²) in [6.45, 7) is 3.67. The van der Waals surface area contributed by atoms with Gasteiger partial charge in [-0.05, 0) is 38.3 Å². The number of amides is 1. The number of aromatic nitrogens is 2. The fourth-order valence-corrected chi connectivity index (χ4v) is 3.40. The maximum atomic E-state index is 13.1. The third-order valence-electron chi connectivity index (χ3n) is 4.79. The van der Waals surface area contributed by atoms with Crippen molar-refractivity contribution in [3.05, 3.63) is 34.6 Å². The van der Waals surface area contributed by atoms with Crippen LogP contribution in [0.25, 0.3) is 11.0 Å². The van der Waals surface area contributed by atoms with Crippen LogP contribution in [0.5, 0.6) is 0 Å². The SMILES string of the molecule is CCOC(=O)CNC(=O)CCn1c(=O)c(N2CCCCC2)nc2ccccc21. The van der Waals surface area contributed by atoms with Crippen LogP contribution >= 0.6 is 0 Å². The van der Waals surface area contributed by atoms with Crippen molar-refractivity contribution >= 4 is 28.7 Å². The van der Waals surface area contributed by atoms with E-state index < -0.39 is 5.97 Å². The Morgan fingerprint density at radius 3 is 2.68 bits per heavy atom. The number of nitrogens with one attached hydrogen (secondary N) is 1. The average molecular weight is 386 g/mol. The van der Waals surface area contributed by atoms with E-state index in [0.29, 0.717) is 11.3 Å². The van der Waals surface area contributed by atoms with Crippen molar-refractivity contribution < 1.29 is 14.3 Å². The van der Waals surface area contributed by atoms with Crippen molar-refractivity contribution in [2.24, 2.45) is 0 Å². The molecular weight excluding hydrogens is 360 g/mol. The lowest BCUT2D eigenvalue weighted by atomic mass is 10.1. The number of nitrogens with zero attached hydrogens (tertiary/aromatic N) is 3. The Hall–Kier alpha value is -2.90. The molecule has 1 aromatic carbocycles. The zero-order valence-electron chi connectivity index (χ0n) is 16.1. The number of hydrogen-bond acceptors (Lipinski definition) is 6. The molecule has 0 aliphatic carbocycles. The normalized spacial score (nSPS) is 14.1. The molecule has 1 amide bonds. The van der Waals surface area contributed by atoms with Gasteiger partial charge in [-0.25, -0.2) is 4.98 Å². The van der Waals surface area contributed by atoms with E-state index >= 15 is 0 Å². The van der Waals surface area contributed by atoms with Crippen molar-refractivity contribution in [1.82, 2.24) is 14.9 Å². The number of carbonyl (C=O) groups is 2. The Morgan fingerprint density at radius 1 is 1.18 bits per heavy atom. The molecule has 1 aliphatic heterocycles. The van der Waals surface area contributed by atoms with E-state index in [9.17, 15) is 14.4 Å². The van der Waals surface area contributed by atoms with Gasteiger partial charge < -0.3 is 19.5 Å². The van der Waals surface area contributed by atoms with Gasteiger partial charge in [-0.3, -0.25) is 14.4 Å². The molecule has 1 aromatic heterocycles. The number of benzene rings is 1. The average Bonchev–Trinajstić information content (AvgIpc) is 2.72. The van der Waals surface area contributed by atoms with E-state index in [2.05, 4.69) is 10.3 Å². The molecule has 1 aliphatic rings. The van der Waals surface area contributed by atoms with Crippen LogP contribution in [0.15, 0.2) is 29.1 Å². The lowest BCUT2D eigenvalue weighted by Crippen LogP contribution is -2.38. The Labute approximate surface area is 163 Å². The van der Waals surface area contributed by atoms with Gasteiger partial charge in [-0.2, -0.15) is 0 Å². The molecule has 150 valence electrons. The minimum atomic E-state index is -0.477. The zero-order valence-corrected chi connectivity index (χ0v) is 16.1. The third kappa shape index (κ3) is 4.68. The molecule has 0 radical (unpaired) electrons. The van der Waals surface area contributed by atoms with Gasteiger partial charge in [0, 0.05) is 26.1 Å². The highest BCUT2D eigenvalue weighted by Gasteiger charge is 2.19. The Morgan fingerprint density at radius 2 is 1.93 bits per heavy atom. The quantitative estimate of drug-likeness (QED) is 0.724. The molecule has 0 bridgehead atoms. The number of anilines is 1. The van der Waals surface area contributed by atoms with Crippen LogP contribution in [-0.2, 0) is 20.9 Å². The summed E-state index contributed by atoms with van der Waals surface area (Å²) in [4.78, 5) is 43.2. The fraction of sp³-hybridized carbons (Fsp3) is 0.500. The van der Waals surface area contributed by atoms with Crippen molar-refractivity contribution in [3.8, 4) is 0 Å². The first kappa shape index (κ1) is 19.9. The topological polar surface area (TPSA) is 93.5 Å². The minimum Gasteiger partial charge on any atom is -0.465 e. The molecule has 1 fully saturated rings. The largest absolute Gasteiger partial charge is 0.465 e. The second kappa shape index (κ2) is 9.34. The highest BCUT2D eigenvalue weighted by molar-refractivity contribution is 5.82. The van der Waals surface area contributed by atoms with Gasteiger partial charge >= 0.3 is 5.97 Å². The first-order chi connectivity index (χ1) is 13.6. The summed E-state index contributed by atoms with van der Waals surface area (Å²) < 4.78 is 6.40. The highest BCUT2D eigenvalue weighted by atomic mass is 16.5. The summed E-state index contributed by atoms with van der Waals surface area (Å²) in [6, 6.07) is 7.44. The molecule has 0 spiro atoms. The van der Waals surface area contributed by atoms with Gasteiger partial charge in [-0.1, -0.05) is 12.1 Å². The first-order valence-corrected chi connectivity index (χ1v) is 9.77. The molecular formula is C20H26N4O4. The Kier molecular flexibility index (Phi) is 6.62. The number of rotatable bonds is 7. The van der Waals surface area contributed by atoms with E-state index in [1.165, 1.54) is 6.42 Å². The Balaban J connectivity index is 1.79. The molecule has 1 saturated heterocycles. The number of esters is 1. The molecule has 0 atom stereocenters. The van der Waals surface area contributed by atoms with Crippen LogP contribution < -0.4 is 15.8 Å². The molecule has 0 unspecified atom stereocenters. The summed E-state index contributed by atoms with van der Waals surface area (Å²) >= 11 is 0. The molecule has 8 nitrogen and oxygen atoms in total. The van der Waals surface area contributed by atoms with Gasteiger partial charge in [0.1, 0.15) is 6.54 Å². The second-order valence-electron chi connectivity index (χ2n) is 6.76. The van der Waals surface area contributed by atoms with Crippen molar-refractivity contribution in [3.63, 3.8) is 0 Å². The highest BCUT2D eigenvalue weighted by Crippen LogP contribution is 2.18. The number of ether oxygens (including phenoxy) is 1. The van der Waals surface area contributed by atoms with Crippen LogP contribution in [-0.4, -0.2) is 47.7 Å². The van der Waals surface area contributed by atoms with E-state index in [1.807, 2.05) is 29.2 Å². The summed E-state index contributed by atoms with van der Waals surface area (Å²) in [7, 11) is 0. The smallest absolute Gasteiger partial charge is 0.325 e. The number of para-hydroxylation sites is 2. The monoisotopic (exact) mass is 386 g/mol. The van der Waals surface area contributed by atoms with Gasteiger partial charge in [0.2, 0.25) is 5.91 Å². The predicted molar refractivity (Wildman–Crippen MR) is 106 cm³/mol. The maximum Gasteiger partial charge on any atom is 0.325 e. The lowest BCUT2D eigenvalue weighted by molar-refractivity contribution is -0.143. The number of carbonyl (C=O) groups excluding carboxylic acids is 2. The Bertz CT molecular complexity index is 903. The molecule has 2 aromatic rings. The summed E-state index contributed by atoms with van der Waals surface area (Å²) in [5.74, 6) is -0.333. The van der Waals surface area contributed by atoms with Gasteiger partial charge in [0.25, 0.3) is 5.56 Å². The molecule has 1 N–H and O–H groups in total. The number of aryl methyl sites for hydroxylation is 1. The molecule has 2 heterocycles. The van der Waals surface area contributed by atoms with Gasteiger partial charge in [0.05, 0.1) is 17.6 Å². The molecule has 8 heteroatoms. The van der Waals surface area contributed by atoms with Crippen molar-refractivity contribution in [2.45, 2.75) is 39.2 Å². The number of fused-ring (bicyclic) bond motifs is 1. The van der Waals surface area contributed by atoms with Gasteiger partial charge in [-0.15, -0.1) is 0 Å². The molecule has 3 rings (SSSR count). The van der Waals surface area contributed by atoms with Crippen LogP contribution in [0.4, 0.5) is 5.82 Å². The maximum absolute atomic E-state index is 13.1. The predicted octanol–water partition coefficient (Wildman–Crippen LogP) is 1.46. The standard InChI is InChI=1S/C20H26N4O4/c1-2-28-18(26)14-21-17(25)10-13-24-16-9-5-4-8-15(16)22-19(20(24)27)23-11-6-3-7-12-23/h4-5,8-9H,2-3,6-7,10-14H2,1H3,(H,21,25). The lowest BCUT2D eigenvalue weighted by Gasteiger charge is -2.27. The van der Waals surface area contributed by atoms with Gasteiger partial charge in [0.15, 0.2) is 5.82 Å². The van der Waals surface area contributed by atoms with E-state index in [1.54, 1.807) is 11.5 Å². The van der Waals surface area contributed by atoms with Crippen LogP contribution in [0, 0.1) is 0 Å². The summed E-state index contributed by atoms with van der Waals surface area (Å²) in [5.41, 5.74) is 1.25. The minimum absolute atomic E-state index is 0.0900. The summed E-state index contributed by atoms with van der Waals surface area (Å²) in [5, 5.41) is 2.53. The van der Waals surface area contributed by atoms with Crippen molar-refractivity contribution in [2.75, 3.05) is 31.1 Å². The molecule has 28 heavy (non-hydrogen) atoms. The first-order valence-electron chi connectivity index (χ1n) is 9.77. The zero-order chi connectivity index (χ0) is 19.9. The van der Waals surface area contributed by atoms with E-state index in [4.69, 9.17) is 4.74 Å². The second-order valence-corrected chi connectivity index (χ2v) is 6.76. The molecule has 0 saturated carbocycles. The summed E-state index contributed by atoms with van der Waals surface area (Å²) in [6.07, 6.45) is 3.35. The number of piperidine rings is 1.